The molecule has 0 saturated carbocycles. The lowest BCUT2D eigenvalue weighted by Crippen LogP contribution is -2.45. The Labute approximate surface area is 87.0 Å². The van der Waals surface area contributed by atoms with Crippen molar-refractivity contribution in [3.63, 3.8) is 0 Å². The van der Waals surface area contributed by atoms with Gasteiger partial charge in [0.2, 0.25) is 5.91 Å². The molecule has 2 unspecified atom stereocenters. The summed E-state index contributed by atoms with van der Waals surface area (Å²) in [6.45, 7) is 8.20. The fraction of sp³-hybridized carbons (Fsp3) is 0.750. The van der Waals surface area contributed by atoms with Gasteiger partial charge in [0, 0.05) is 19.5 Å². The van der Waals surface area contributed by atoms with Crippen LogP contribution in [0.2, 0.25) is 0 Å². The number of rotatable bonds is 3. The fourth-order valence-electron chi connectivity index (χ4n) is 2.16. The Hall–Kier alpha value is -0.790. The van der Waals surface area contributed by atoms with E-state index < -0.39 is 0 Å². The molecule has 1 aliphatic rings. The van der Waals surface area contributed by atoms with E-state index in [1.54, 1.807) is 0 Å². The van der Waals surface area contributed by atoms with Crippen molar-refractivity contribution in [3.8, 4) is 0 Å². The molecule has 1 aliphatic heterocycles. The zero-order valence-corrected chi connectivity index (χ0v) is 9.55. The molecule has 0 aromatic rings. The van der Waals surface area contributed by atoms with Crippen LogP contribution in [0.4, 0.5) is 0 Å². The normalized spacial score (nSPS) is 27.9. The molecule has 14 heavy (non-hydrogen) atoms. The summed E-state index contributed by atoms with van der Waals surface area (Å²) in [6, 6.07) is 0.424. The molecule has 0 bridgehead atoms. The number of carbonyl (C=O) groups is 1. The summed E-state index contributed by atoms with van der Waals surface area (Å²) in [5.41, 5.74) is 1.21. The van der Waals surface area contributed by atoms with Crippen molar-refractivity contribution < 1.29 is 4.79 Å². The topological polar surface area (TPSA) is 20.3 Å². The molecule has 1 heterocycles. The van der Waals surface area contributed by atoms with Crippen molar-refractivity contribution in [1.82, 2.24) is 4.90 Å². The second-order valence-electron chi connectivity index (χ2n) is 4.58. The molecule has 1 saturated heterocycles. The van der Waals surface area contributed by atoms with Crippen LogP contribution >= 0.6 is 0 Å². The van der Waals surface area contributed by atoms with Crippen LogP contribution in [-0.2, 0) is 4.79 Å². The van der Waals surface area contributed by atoms with E-state index in [0.29, 0.717) is 17.9 Å². The third kappa shape index (κ3) is 2.60. The lowest BCUT2D eigenvalue weighted by Gasteiger charge is -2.37. The van der Waals surface area contributed by atoms with E-state index in [1.165, 1.54) is 5.57 Å². The van der Waals surface area contributed by atoms with E-state index in [-0.39, 0.29) is 0 Å². The number of hydrogen-bond acceptors (Lipinski definition) is 1. The quantitative estimate of drug-likeness (QED) is 0.634. The molecule has 0 aromatic carbocycles. The van der Waals surface area contributed by atoms with Crippen molar-refractivity contribution in [3.05, 3.63) is 12.2 Å². The average molecular weight is 195 g/mol. The van der Waals surface area contributed by atoms with Crippen molar-refractivity contribution in [1.29, 1.82) is 0 Å². The van der Waals surface area contributed by atoms with Crippen LogP contribution in [0.3, 0.4) is 0 Å². The molecule has 80 valence electrons. The second kappa shape index (κ2) is 4.63. The summed E-state index contributed by atoms with van der Waals surface area (Å²) in [4.78, 5) is 13.4. The lowest BCUT2D eigenvalue weighted by atomic mass is 9.87. The number of piperidine rings is 1. The monoisotopic (exact) mass is 195 g/mol. The van der Waals surface area contributed by atoms with Gasteiger partial charge in [-0.25, -0.2) is 0 Å². The van der Waals surface area contributed by atoms with Gasteiger partial charge in [0.15, 0.2) is 0 Å². The minimum absolute atomic E-state index is 0.301. The second-order valence-corrected chi connectivity index (χ2v) is 4.58. The predicted octanol–water partition coefficient (Wildman–Crippen LogP) is 2.60. The molecular formula is C12H21NO. The molecule has 1 fully saturated rings. The van der Waals surface area contributed by atoms with Gasteiger partial charge in [0.05, 0.1) is 0 Å². The highest BCUT2D eigenvalue weighted by atomic mass is 16.2. The van der Waals surface area contributed by atoms with Crippen LogP contribution in [0.15, 0.2) is 12.2 Å². The maximum atomic E-state index is 11.5. The number of hydrogen-bond donors (Lipinski definition) is 0. The van der Waals surface area contributed by atoms with Crippen molar-refractivity contribution in [2.75, 3.05) is 7.05 Å². The van der Waals surface area contributed by atoms with Crippen LogP contribution in [0.5, 0.6) is 0 Å². The first-order valence-electron chi connectivity index (χ1n) is 5.42. The number of likely N-dealkylation sites (tertiary alicyclic amines) is 1. The van der Waals surface area contributed by atoms with E-state index in [1.807, 2.05) is 11.9 Å². The molecular weight excluding hydrogens is 174 g/mol. The molecule has 1 amide bonds. The van der Waals surface area contributed by atoms with Gasteiger partial charge in [-0.3, -0.25) is 4.79 Å². The van der Waals surface area contributed by atoms with Crippen molar-refractivity contribution >= 4 is 5.91 Å². The number of carbonyl (C=O) groups excluding carboxylic acids is 1. The van der Waals surface area contributed by atoms with Crippen LogP contribution < -0.4 is 0 Å². The van der Waals surface area contributed by atoms with Crippen LogP contribution in [0.25, 0.3) is 0 Å². The fourth-order valence-corrected chi connectivity index (χ4v) is 2.16. The first kappa shape index (κ1) is 11.3. The predicted molar refractivity (Wildman–Crippen MR) is 59.0 cm³/mol. The molecule has 2 atom stereocenters. The van der Waals surface area contributed by atoms with Gasteiger partial charge in [0.25, 0.3) is 0 Å². The minimum Gasteiger partial charge on any atom is -0.343 e. The lowest BCUT2D eigenvalue weighted by molar-refractivity contribution is -0.136. The molecule has 0 spiro atoms. The summed E-state index contributed by atoms with van der Waals surface area (Å²) >= 11 is 0. The Kier molecular flexibility index (Phi) is 3.73. The Bertz CT molecular complexity index is 234. The molecule has 2 heteroatoms. The summed E-state index contributed by atoms with van der Waals surface area (Å²) in [6.07, 6.45) is 3.87. The summed E-state index contributed by atoms with van der Waals surface area (Å²) in [5, 5.41) is 0. The van der Waals surface area contributed by atoms with E-state index in [4.69, 9.17) is 0 Å². The van der Waals surface area contributed by atoms with E-state index in [9.17, 15) is 4.79 Å². The number of allylic oxidation sites excluding steroid dienone is 1. The van der Waals surface area contributed by atoms with Gasteiger partial charge in [-0.05, 0) is 32.1 Å². The summed E-state index contributed by atoms with van der Waals surface area (Å²) < 4.78 is 0. The molecule has 1 rings (SSSR count). The van der Waals surface area contributed by atoms with Crippen molar-refractivity contribution in [2.45, 2.75) is 45.6 Å². The van der Waals surface area contributed by atoms with E-state index in [0.717, 1.165) is 25.7 Å². The Balaban J connectivity index is 2.54. The molecule has 0 N–H and O–H groups in total. The maximum Gasteiger partial charge on any atom is 0.222 e. The largest absolute Gasteiger partial charge is 0.343 e. The Morgan fingerprint density at radius 2 is 2.29 bits per heavy atom. The SMILES string of the molecule is C=C(C)CCC1C(C)CCC(=O)N1C. The summed E-state index contributed by atoms with van der Waals surface area (Å²) in [5.74, 6) is 0.937. The molecule has 2 nitrogen and oxygen atoms in total. The van der Waals surface area contributed by atoms with Crippen LogP contribution in [0.1, 0.15) is 39.5 Å². The van der Waals surface area contributed by atoms with E-state index >= 15 is 0 Å². The van der Waals surface area contributed by atoms with Gasteiger partial charge in [-0.1, -0.05) is 12.5 Å². The van der Waals surface area contributed by atoms with Crippen LogP contribution in [-0.4, -0.2) is 23.9 Å². The highest BCUT2D eigenvalue weighted by molar-refractivity contribution is 5.77. The first-order chi connectivity index (χ1) is 6.52. The first-order valence-corrected chi connectivity index (χ1v) is 5.42. The number of amides is 1. The standard InChI is InChI=1S/C12H21NO/c1-9(2)5-7-11-10(3)6-8-12(14)13(11)4/h10-11H,1,5-8H2,2-4H3. The van der Waals surface area contributed by atoms with Gasteiger partial charge >= 0.3 is 0 Å². The molecule has 0 aromatic heterocycles. The molecule has 0 radical (unpaired) electrons. The van der Waals surface area contributed by atoms with Crippen LogP contribution in [0, 0.1) is 5.92 Å². The zero-order valence-electron chi connectivity index (χ0n) is 9.55. The third-order valence-corrected chi connectivity index (χ3v) is 3.23. The average Bonchev–Trinajstić information content (AvgIpc) is 2.11. The third-order valence-electron chi connectivity index (χ3n) is 3.23. The Morgan fingerprint density at radius 3 is 2.86 bits per heavy atom. The van der Waals surface area contributed by atoms with E-state index in [2.05, 4.69) is 20.4 Å². The van der Waals surface area contributed by atoms with Crippen molar-refractivity contribution in [2.24, 2.45) is 5.92 Å². The van der Waals surface area contributed by atoms with Gasteiger partial charge in [-0.2, -0.15) is 0 Å². The van der Waals surface area contributed by atoms with Gasteiger partial charge in [-0.15, -0.1) is 6.58 Å². The Morgan fingerprint density at radius 1 is 1.64 bits per heavy atom. The van der Waals surface area contributed by atoms with Gasteiger partial charge in [0.1, 0.15) is 0 Å². The zero-order chi connectivity index (χ0) is 10.7. The highest BCUT2D eigenvalue weighted by Gasteiger charge is 2.29. The minimum atomic E-state index is 0.301. The van der Waals surface area contributed by atoms with Gasteiger partial charge < -0.3 is 4.90 Å². The number of nitrogens with zero attached hydrogens (tertiary/aromatic N) is 1. The smallest absolute Gasteiger partial charge is 0.222 e. The molecule has 0 aliphatic carbocycles. The maximum absolute atomic E-state index is 11.5. The summed E-state index contributed by atoms with van der Waals surface area (Å²) in [7, 11) is 1.93. The highest BCUT2D eigenvalue weighted by Crippen LogP contribution is 2.26.